The predicted molar refractivity (Wildman–Crippen MR) is 72.2 cm³/mol. The summed E-state index contributed by atoms with van der Waals surface area (Å²) in [6.07, 6.45) is 6.08. The van der Waals surface area contributed by atoms with Crippen LogP contribution in [-0.4, -0.2) is 23.6 Å². The van der Waals surface area contributed by atoms with Crippen LogP contribution in [0.4, 0.5) is 0 Å². The molecule has 0 aliphatic heterocycles. The fourth-order valence-corrected chi connectivity index (χ4v) is 1.97. The van der Waals surface area contributed by atoms with E-state index < -0.39 is 0 Å². The third-order valence-corrected chi connectivity index (χ3v) is 2.84. The molecule has 102 valence electrons. The van der Waals surface area contributed by atoms with Crippen LogP contribution in [0.1, 0.15) is 36.4 Å². The normalized spacial score (nSPS) is 12.4. The fraction of sp³-hybridized carbons (Fsp3) is 0.429. The molecule has 0 aliphatic carbocycles. The molecule has 2 heterocycles. The Balaban J connectivity index is 2.36. The van der Waals surface area contributed by atoms with Crippen molar-refractivity contribution in [3.05, 3.63) is 41.7 Å². The van der Waals surface area contributed by atoms with Crippen LogP contribution in [0.25, 0.3) is 0 Å². The molecule has 1 unspecified atom stereocenters. The first-order chi connectivity index (χ1) is 9.26. The molecule has 2 aromatic heterocycles. The van der Waals surface area contributed by atoms with Crippen LogP contribution < -0.4 is 10.1 Å². The second-order valence-electron chi connectivity index (χ2n) is 4.33. The lowest BCUT2D eigenvalue weighted by Gasteiger charge is -2.17. The zero-order valence-corrected chi connectivity index (χ0v) is 11.5. The standard InChI is InChI=1S/C14H19N3O2/c1-4-5-15-12(11-8-10(2)19-9-11)13-14(18-3)17-7-6-16-13/h6-9,12,15H,4-5H2,1-3H3. The van der Waals surface area contributed by atoms with E-state index in [1.165, 1.54) is 0 Å². The number of ether oxygens (including phenoxy) is 1. The van der Waals surface area contributed by atoms with Gasteiger partial charge < -0.3 is 14.5 Å². The van der Waals surface area contributed by atoms with E-state index in [4.69, 9.17) is 9.15 Å². The molecule has 0 saturated heterocycles. The number of hydrogen-bond donors (Lipinski definition) is 1. The third-order valence-electron chi connectivity index (χ3n) is 2.84. The number of hydrogen-bond acceptors (Lipinski definition) is 5. The van der Waals surface area contributed by atoms with E-state index in [0.717, 1.165) is 30.0 Å². The Morgan fingerprint density at radius 2 is 2.16 bits per heavy atom. The van der Waals surface area contributed by atoms with Crippen molar-refractivity contribution in [2.24, 2.45) is 0 Å². The Labute approximate surface area is 113 Å². The van der Waals surface area contributed by atoms with E-state index >= 15 is 0 Å². The van der Waals surface area contributed by atoms with Crippen LogP contribution in [-0.2, 0) is 0 Å². The van der Waals surface area contributed by atoms with Gasteiger partial charge in [-0.15, -0.1) is 0 Å². The summed E-state index contributed by atoms with van der Waals surface area (Å²) in [5.41, 5.74) is 1.81. The molecule has 0 radical (unpaired) electrons. The van der Waals surface area contributed by atoms with Gasteiger partial charge in [0.25, 0.3) is 0 Å². The Morgan fingerprint density at radius 1 is 1.37 bits per heavy atom. The Morgan fingerprint density at radius 3 is 2.79 bits per heavy atom. The highest BCUT2D eigenvalue weighted by atomic mass is 16.5. The summed E-state index contributed by atoms with van der Waals surface area (Å²) in [6, 6.07) is 1.93. The average molecular weight is 261 g/mol. The van der Waals surface area contributed by atoms with Crippen molar-refractivity contribution in [2.75, 3.05) is 13.7 Å². The van der Waals surface area contributed by atoms with E-state index in [9.17, 15) is 0 Å². The molecule has 0 bridgehead atoms. The van der Waals surface area contributed by atoms with Crippen molar-refractivity contribution in [3.8, 4) is 5.88 Å². The summed E-state index contributed by atoms with van der Waals surface area (Å²) in [5.74, 6) is 1.41. The third kappa shape index (κ3) is 3.12. The molecular formula is C14H19N3O2. The van der Waals surface area contributed by atoms with Gasteiger partial charge in [0, 0.05) is 18.0 Å². The van der Waals surface area contributed by atoms with Crippen LogP contribution in [0.15, 0.2) is 29.1 Å². The Bertz CT molecular complexity index is 525. The van der Waals surface area contributed by atoms with Gasteiger partial charge in [-0.1, -0.05) is 6.92 Å². The summed E-state index contributed by atoms with van der Waals surface area (Å²) in [6.45, 7) is 4.93. The molecule has 1 N–H and O–H groups in total. The molecule has 1 atom stereocenters. The van der Waals surface area contributed by atoms with Crippen LogP contribution in [0, 0.1) is 6.92 Å². The van der Waals surface area contributed by atoms with Crippen molar-refractivity contribution < 1.29 is 9.15 Å². The van der Waals surface area contributed by atoms with E-state index in [-0.39, 0.29) is 6.04 Å². The number of furan rings is 1. The SMILES string of the molecule is CCCNC(c1coc(C)c1)c1nccnc1OC. The second kappa shape index (κ2) is 6.33. The van der Waals surface area contributed by atoms with Gasteiger partial charge >= 0.3 is 0 Å². The molecule has 0 amide bonds. The number of nitrogens with one attached hydrogen (secondary N) is 1. The maximum atomic E-state index is 5.39. The van der Waals surface area contributed by atoms with Gasteiger partial charge in [0.15, 0.2) is 0 Å². The largest absolute Gasteiger partial charge is 0.480 e. The number of methoxy groups -OCH3 is 1. The topological polar surface area (TPSA) is 60.2 Å². The maximum Gasteiger partial charge on any atom is 0.237 e. The number of aryl methyl sites for hydroxylation is 1. The average Bonchev–Trinajstić information content (AvgIpc) is 2.86. The molecule has 0 spiro atoms. The van der Waals surface area contributed by atoms with Crippen LogP contribution in [0.2, 0.25) is 0 Å². The minimum absolute atomic E-state index is 0.0685. The first-order valence-corrected chi connectivity index (χ1v) is 6.39. The molecule has 19 heavy (non-hydrogen) atoms. The quantitative estimate of drug-likeness (QED) is 0.865. The fourth-order valence-electron chi connectivity index (χ4n) is 1.97. The number of rotatable bonds is 6. The lowest BCUT2D eigenvalue weighted by Crippen LogP contribution is -2.24. The molecule has 0 saturated carbocycles. The predicted octanol–water partition coefficient (Wildman–Crippen LogP) is 2.48. The van der Waals surface area contributed by atoms with Gasteiger partial charge in [0.1, 0.15) is 11.5 Å². The molecule has 5 heteroatoms. The number of nitrogens with zero attached hydrogens (tertiary/aromatic N) is 2. The van der Waals surface area contributed by atoms with Crippen LogP contribution >= 0.6 is 0 Å². The van der Waals surface area contributed by atoms with Gasteiger partial charge in [-0.2, -0.15) is 0 Å². The van der Waals surface area contributed by atoms with Gasteiger partial charge in [0.05, 0.1) is 19.4 Å². The van der Waals surface area contributed by atoms with E-state index in [0.29, 0.717) is 5.88 Å². The van der Waals surface area contributed by atoms with Gasteiger partial charge in [-0.05, 0) is 26.0 Å². The lowest BCUT2D eigenvalue weighted by atomic mass is 10.1. The lowest BCUT2D eigenvalue weighted by molar-refractivity contribution is 0.382. The zero-order valence-electron chi connectivity index (χ0n) is 11.5. The monoisotopic (exact) mass is 261 g/mol. The van der Waals surface area contributed by atoms with Gasteiger partial charge in [-0.25, -0.2) is 4.98 Å². The van der Waals surface area contributed by atoms with Crippen molar-refractivity contribution >= 4 is 0 Å². The molecule has 0 fully saturated rings. The highest BCUT2D eigenvalue weighted by Crippen LogP contribution is 2.27. The summed E-state index contributed by atoms with van der Waals surface area (Å²) in [7, 11) is 1.60. The van der Waals surface area contributed by atoms with Crippen molar-refractivity contribution in [2.45, 2.75) is 26.3 Å². The van der Waals surface area contributed by atoms with E-state index in [1.807, 2.05) is 13.0 Å². The summed E-state index contributed by atoms with van der Waals surface area (Å²) in [5, 5.41) is 3.45. The molecule has 0 aliphatic rings. The first-order valence-electron chi connectivity index (χ1n) is 6.39. The van der Waals surface area contributed by atoms with Gasteiger partial charge in [-0.3, -0.25) is 4.98 Å². The minimum Gasteiger partial charge on any atom is -0.480 e. The van der Waals surface area contributed by atoms with Crippen molar-refractivity contribution in [3.63, 3.8) is 0 Å². The minimum atomic E-state index is -0.0685. The molecule has 2 rings (SSSR count). The highest BCUT2D eigenvalue weighted by molar-refractivity contribution is 5.31. The number of aromatic nitrogens is 2. The molecule has 5 nitrogen and oxygen atoms in total. The highest BCUT2D eigenvalue weighted by Gasteiger charge is 2.21. The smallest absolute Gasteiger partial charge is 0.237 e. The van der Waals surface area contributed by atoms with Crippen molar-refractivity contribution in [1.82, 2.24) is 15.3 Å². The first kappa shape index (κ1) is 13.5. The van der Waals surface area contributed by atoms with Crippen LogP contribution in [0.3, 0.4) is 0 Å². The van der Waals surface area contributed by atoms with E-state index in [2.05, 4.69) is 22.2 Å². The molecule has 2 aromatic rings. The van der Waals surface area contributed by atoms with Gasteiger partial charge in [0.2, 0.25) is 5.88 Å². The summed E-state index contributed by atoms with van der Waals surface area (Å²) >= 11 is 0. The molecular weight excluding hydrogens is 242 g/mol. The second-order valence-corrected chi connectivity index (χ2v) is 4.33. The Kier molecular flexibility index (Phi) is 4.52. The van der Waals surface area contributed by atoms with Crippen LogP contribution in [0.5, 0.6) is 5.88 Å². The Hall–Kier alpha value is -1.88. The zero-order chi connectivity index (χ0) is 13.7. The van der Waals surface area contributed by atoms with Crippen molar-refractivity contribution in [1.29, 1.82) is 0 Å². The summed E-state index contributed by atoms with van der Waals surface area (Å²) in [4.78, 5) is 8.60. The summed E-state index contributed by atoms with van der Waals surface area (Å²) < 4.78 is 10.7. The maximum absolute atomic E-state index is 5.39. The van der Waals surface area contributed by atoms with E-state index in [1.54, 1.807) is 25.8 Å². The molecule has 0 aromatic carbocycles.